The quantitative estimate of drug-likeness (QED) is 0.647. The number of carboxylic acids is 1. The van der Waals surface area contributed by atoms with Gasteiger partial charge in [0.25, 0.3) is 0 Å². The highest BCUT2D eigenvalue weighted by Gasteiger charge is 2.49. The largest absolute Gasteiger partial charge is 0.478 e. The van der Waals surface area contributed by atoms with Crippen LogP contribution in [0.5, 0.6) is 0 Å². The molecular formula is C17H14F3NO4. The van der Waals surface area contributed by atoms with Gasteiger partial charge in [-0.25, -0.2) is 4.79 Å². The predicted octanol–water partition coefficient (Wildman–Crippen LogP) is 3.41. The van der Waals surface area contributed by atoms with Crippen LogP contribution < -0.4 is 0 Å². The topological polar surface area (TPSA) is 87.4 Å². The molecule has 2 rings (SSSR count). The molecule has 1 saturated carbocycles. The van der Waals surface area contributed by atoms with Crippen LogP contribution in [0.15, 0.2) is 36.4 Å². The van der Waals surface area contributed by atoms with Crippen molar-refractivity contribution in [2.45, 2.75) is 31.0 Å². The molecule has 1 aliphatic rings. The molecule has 0 atom stereocenters. The molecule has 0 spiro atoms. The van der Waals surface area contributed by atoms with E-state index in [2.05, 4.69) is 6.58 Å². The summed E-state index contributed by atoms with van der Waals surface area (Å²) < 4.78 is 43.3. The van der Waals surface area contributed by atoms with Crippen LogP contribution in [0.2, 0.25) is 0 Å². The molecule has 1 aromatic rings. The van der Waals surface area contributed by atoms with E-state index >= 15 is 0 Å². The monoisotopic (exact) mass is 353 g/mol. The summed E-state index contributed by atoms with van der Waals surface area (Å²) >= 11 is 0. The fourth-order valence-electron chi connectivity index (χ4n) is 2.67. The van der Waals surface area contributed by atoms with Gasteiger partial charge < -0.3 is 9.84 Å². The second kappa shape index (κ2) is 6.59. The molecular weight excluding hydrogens is 339 g/mol. The molecule has 8 heteroatoms. The third kappa shape index (κ3) is 3.99. The first kappa shape index (κ1) is 18.5. The van der Waals surface area contributed by atoms with Crippen LogP contribution in [0, 0.1) is 17.2 Å². The molecule has 0 radical (unpaired) electrons. The van der Waals surface area contributed by atoms with Crippen LogP contribution >= 0.6 is 0 Å². The lowest BCUT2D eigenvalue weighted by atomic mass is 9.67. The van der Waals surface area contributed by atoms with Crippen LogP contribution in [0.25, 0.3) is 0 Å². The Bertz CT molecular complexity index is 741. The van der Waals surface area contributed by atoms with Gasteiger partial charge in [-0.2, -0.15) is 18.4 Å². The first-order valence-electron chi connectivity index (χ1n) is 7.27. The van der Waals surface area contributed by atoms with E-state index in [1.54, 1.807) is 0 Å². The van der Waals surface area contributed by atoms with Gasteiger partial charge >= 0.3 is 18.1 Å². The average Bonchev–Trinajstić information content (AvgIpc) is 2.49. The Morgan fingerprint density at radius 3 is 2.32 bits per heavy atom. The Balaban J connectivity index is 2.21. The second-order valence-electron chi connectivity index (χ2n) is 5.86. The van der Waals surface area contributed by atoms with E-state index in [0.29, 0.717) is 5.56 Å². The van der Waals surface area contributed by atoms with Gasteiger partial charge in [-0.05, 0) is 17.7 Å². The molecule has 0 bridgehead atoms. The molecule has 25 heavy (non-hydrogen) atoms. The van der Waals surface area contributed by atoms with Gasteiger partial charge in [-0.3, -0.25) is 4.79 Å². The van der Waals surface area contributed by atoms with E-state index in [0.717, 1.165) is 12.1 Å². The Morgan fingerprint density at radius 2 is 1.88 bits per heavy atom. The van der Waals surface area contributed by atoms with Crippen molar-refractivity contribution in [2.75, 3.05) is 0 Å². The van der Waals surface area contributed by atoms with Gasteiger partial charge in [0, 0.05) is 18.4 Å². The van der Waals surface area contributed by atoms with E-state index in [9.17, 15) is 22.8 Å². The minimum Gasteiger partial charge on any atom is -0.478 e. The Hall–Kier alpha value is -2.82. The predicted molar refractivity (Wildman–Crippen MR) is 78.9 cm³/mol. The number of hydrogen-bond donors (Lipinski definition) is 1. The average molecular weight is 353 g/mol. The van der Waals surface area contributed by atoms with Gasteiger partial charge in [0.05, 0.1) is 24.0 Å². The molecule has 0 saturated heterocycles. The summed E-state index contributed by atoms with van der Waals surface area (Å²) in [5, 5.41) is 17.7. The normalized spacial score (nSPS) is 22.4. The number of hydrogen-bond acceptors (Lipinski definition) is 4. The number of esters is 1. The highest BCUT2D eigenvalue weighted by atomic mass is 19.4. The van der Waals surface area contributed by atoms with E-state index in [1.807, 2.05) is 6.07 Å². The van der Waals surface area contributed by atoms with Crippen LogP contribution in [-0.2, 0) is 26.1 Å². The molecule has 1 aromatic carbocycles. The highest BCUT2D eigenvalue weighted by molar-refractivity contribution is 5.91. The number of halogens is 3. The second-order valence-corrected chi connectivity index (χ2v) is 5.86. The fourth-order valence-corrected chi connectivity index (χ4v) is 2.67. The van der Waals surface area contributed by atoms with Crippen molar-refractivity contribution in [3.8, 4) is 6.07 Å². The lowest BCUT2D eigenvalue weighted by Gasteiger charge is -2.44. The smallest absolute Gasteiger partial charge is 0.416 e. The summed E-state index contributed by atoms with van der Waals surface area (Å²) in [6.45, 7) is 3.23. The van der Waals surface area contributed by atoms with Crippen molar-refractivity contribution in [3.05, 3.63) is 47.5 Å². The number of carboxylic acid groups (broad SMARTS) is 1. The molecule has 1 aliphatic carbocycles. The van der Waals surface area contributed by atoms with Gasteiger partial charge in [0.1, 0.15) is 5.60 Å². The number of nitriles is 1. The number of aliphatic carboxylic acids is 1. The van der Waals surface area contributed by atoms with Crippen LogP contribution in [0.3, 0.4) is 0 Å². The molecule has 5 nitrogen and oxygen atoms in total. The van der Waals surface area contributed by atoms with Crippen LogP contribution in [0.1, 0.15) is 30.4 Å². The Labute approximate surface area is 141 Å². The van der Waals surface area contributed by atoms with E-state index in [-0.39, 0.29) is 18.4 Å². The Morgan fingerprint density at radius 1 is 1.32 bits per heavy atom. The van der Waals surface area contributed by atoms with Crippen molar-refractivity contribution in [1.82, 2.24) is 0 Å². The maximum Gasteiger partial charge on any atom is 0.416 e. The zero-order chi connectivity index (χ0) is 18.8. The maximum absolute atomic E-state index is 12.7. The molecule has 132 valence electrons. The lowest BCUT2D eigenvalue weighted by Crippen LogP contribution is -2.44. The number of rotatable bonds is 5. The number of alkyl halides is 3. The van der Waals surface area contributed by atoms with Crippen molar-refractivity contribution in [2.24, 2.45) is 5.92 Å². The van der Waals surface area contributed by atoms with Crippen molar-refractivity contribution < 1.29 is 32.6 Å². The third-order valence-corrected chi connectivity index (χ3v) is 4.04. The Kier molecular flexibility index (Phi) is 4.88. The number of ether oxygens (including phenoxy) is 1. The van der Waals surface area contributed by atoms with Gasteiger partial charge in [0.15, 0.2) is 0 Å². The summed E-state index contributed by atoms with van der Waals surface area (Å²) in [5.74, 6) is -2.59. The van der Waals surface area contributed by atoms with E-state index in [4.69, 9.17) is 15.1 Å². The minimum atomic E-state index is -4.49. The highest BCUT2D eigenvalue weighted by Crippen LogP contribution is 2.49. The summed E-state index contributed by atoms with van der Waals surface area (Å²) in [6, 6.07) is 6.17. The molecule has 1 N–H and O–H groups in total. The third-order valence-electron chi connectivity index (χ3n) is 4.04. The van der Waals surface area contributed by atoms with E-state index in [1.165, 1.54) is 12.1 Å². The van der Waals surface area contributed by atoms with Gasteiger partial charge in [-0.15, -0.1) is 0 Å². The summed E-state index contributed by atoms with van der Waals surface area (Å²) in [7, 11) is 0. The standard InChI is InChI=1S/C17H14F3NO4/c1-10(15(23)24)6-14(22)25-16(7-11(8-16)9-21)12-2-4-13(5-3-12)17(18,19)20/h2-5,11H,1,6-8H2,(H,23,24). The molecule has 0 aliphatic heterocycles. The summed E-state index contributed by atoms with van der Waals surface area (Å²) in [6.07, 6.45) is -4.76. The van der Waals surface area contributed by atoms with Gasteiger partial charge in [-0.1, -0.05) is 18.7 Å². The lowest BCUT2D eigenvalue weighted by molar-refractivity contribution is -0.175. The first-order chi connectivity index (χ1) is 11.6. The van der Waals surface area contributed by atoms with Gasteiger partial charge in [0.2, 0.25) is 0 Å². The van der Waals surface area contributed by atoms with Crippen LogP contribution in [-0.4, -0.2) is 17.0 Å². The number of benzene rings is 1. The zero-order valence-electron chi connectivity index (χ0n) is 13.0. The molecule has 0 aromatic heterocycles. The SMILES string of the molecule is C=C(CC(=O)OC1(c2ccc(C(F)(F)F)cc2)CC(C#N)C1)C(=O)O. The zero-order valence-corrected chi connectivity index (χ0v) is 13.0. The minimum absolute atomic E-state index is 0.139. The number of carbonyl (C=O) groups is 2. The van der Waals surface area contributed by atoms with Crippen molar-refractivity contribution >= 4 is 11.9 Å². The summed E-state index contributed by atoms with van der Waals surface area (Å²) in [4.78, 5) is 22.7. The molecule has 0 unspecified atom stereocenters. The summed E-state index contributed by atoms with van der Waals surface area (Å²) in [5.41, 5.74) is -2.08. The van der Waals surface area contributed by atoms with Crippen LogP contribution in [0.4, 0.5) is 13.2 Å². The maximum atomic E-state index is 12.7. The molecule has 0 heterocycles. The first-order valence-corrected chi connectivity index (χ1v) is 7.27. The number of nitrogens with zero attached hydrogens (tertiary/aromatic N) is 1. The van der Waals surface area contributed by atoms with E-state index < -0.39 is 41.6 Å². The van der Waals surface area contributed by atoms with Crippen molar-refractivity contribution in [1.29, 1.82) is 5.26 Å². The molecule has 1 fully saturated rings. The fraction of sp³-hybridized carbons (Fsp3) is 0.353. The van der Waals surface area contributed by atoms with Crippen molar-refractivity contribution in [3.63, 3.8) is 0 Å². The number of carbonyl (C=O) groups excluding carboxylic acids is 1. The molecule has 0 amide bonds.